The molecule has 0 atom stereocenters. The summed E-state index contributed by atoms with van der Waals surface area (Å²) >= 11 is 0. The summed E-state index contributed by atoms with van der Waals surface area (Å²) in [7, 11) is 0. The van der Waals surface area contributed by atoms with Crippen molar-refractivity contribution >= 4 is 5.69 Å². The molecule has 0 bridgehead atoms. The van der Waals surface area contributed by atoms with Gasteiger partial charge in [-0.05, 0) is 36.5 Å². The molecule has 0 unspecified atom stereocenters. The van der Waals surface area contributed by atoms with Gasteiger partial charge in [0.15, 0.2) is 0 Å². The predicted octanol–water partition coefficient (Wildman–Crippen LogP) is 4.05. The number of hydrogen-bond acceptors (Lipinski definition) is 2. The van der Waals surface area contributed by atoms with E-state index in [1.165, 1.54) is 5.57 Å². The topological polar surface area (TPSA) is 27.0 Å². The minimum absolute atomic E-state index is 0.261. The normalized spacial score (nSPS) is 15.9. The lowest BCUT2D eigenvalue weighted by Gasteiger charge is -2.33. The molecule has 0 radical (unpaired) electrons. The van der Waals surface area contributed by atoms with E-state index in [0.29, 0.717) is 0 Å². The van der Waals surface area contributed by atoms with Gasteiger partial charge in [-0.15, -0.1) is 0 Å². The molecule has 0 saturated carbocycles. The van der Waals surface area contributed by atoms with Gasteiger partial charge in [0.05, 0.1) is 11.3 Å². The summed E-state index contributed by atoms with van der Waals surface area (Å²) in [5.41, 5.74) is 4.78. The van der Waals surface area contributed by atoms with E-state index in [1.807, 2.05) is 13.0 Å². The van der Waals surface area contributed by atoms with Crippen molar-refractivity contribution in [3.63, 3.8) is 0 Å². The second-order valence-corrected chi connectivity index (χ2v) is 6.31. The van der Waals surface area contributed by atoms with Gasteiger partial charge >= 0.3 is 0 Å². The standard InChI is InChI=1S/C17H22N2/c1-13-5-6-16(14(11-13)12-18)19-9-7-15(8-10-19)17(2,3)4/h5-7,11H,8-10H2,1-4H3. The number of aryl methyl sites for hydroxylation is 1. The first-order valence-electron chi connectivity index (χ1n) is 6.87. The first kappa shape index (κ1) is 13.7. The molecule has 19 heavy (non-hydrogen) atoms. The maximum atomic E-state index is 9.26. The molecule has 1 heterocycles. The Kier molecular flexibility index (Phi) is 3.66. The van der Waals surface area contributed by atoms with E-state index in [1.54, 1.807) is 0 Å². The second-order valence-electron chi connectivity index (χ2n) is 6.31. The van der Waals surface area contributed by atoms with E-state index in [0.717, 1.165) is 36.3 Å². The zero-order valence-corrected chi connectivity index (χ0v) is 12.3. The van der Waals surface area contributed by atoms with Gasteiger partial charge in [-0.3, -0.25) is 0 Å². The molecular formula is C17H22N2. The van der Waals surface area contributed by atoms with Crippen LogP contribution < -0.4 is 4.90 Å². The monoisotopic (exact) mass is 254 g/mol. The summed E-state index contributed by atoms with van der Waals surface area (Å²) in [6.07, 6.45) is 3.41. The molecule has 100 valence electrons. The fourth-order valence-corrected chi connectivity index (χ4v) is 2.58. The van der Waals surface area contributed by atoms with Gasteiger partial charge in [0, 0.05) is 13.1 Å². The number of anilines is 1. The minimum atomic E-state index is 0.261. The molecular weight excluding hydrogens is 232 g/mol. The summed E-state index contributed by atoms with van der Waals surface area (Å²) < 4.78 is 0. The Morgan fingerprint density at radius 2 is 2.00 bits per heavy atom. The largest absolute Gasteiger partial charge is 0.366 e. The summed E-state index contributed by atoms with van der Waals surface area (Å²) in [4.78, 5) is 2.30. The van der Waals surface area contributed by atoms with Crippen molar-refractivity contribution in [1.29, 1.82) is 5.26 Å². The average molecular weight is 254 g/mol. The molecule has 0 N–H and O–H groups in total. The van der Waals surface area contributed by atoms with Crippen LogP contribution in [0, 0.1) is 23.7 Å². The van der Waals surface area contributed by atoms with Gasteiger partial charge in [0.25, 0.3) is 0 Å². The van der Waals surface area contributed by atoms with Crippen molar-refractivity contribution in [3.8, 4) is 6.07 Å². The lowest BCUT2D eigenvalue weighted by Crippen LogP contribution is -2.31. The molecule has 0 fully saturated rings. The minimum Gasteiger partial charge on any atom is -0.366 e. The highest BCUT2D eigenvalue weighted by molar-refractivity contribution is 5.61. The number of benzene rings is 1. The summed E-state index contributed by atoms with van der Waals surface area (Å²) in [5, 5.41) is 9.26. The fraction of sp³-hybridized carbons (Fsp3) is 0.471. The highest BCUT2D eigenvalue weighted by Crippen LogP contribution is 2.32. The Hall–Kier alpha value is -1.75. The summed E-state index contributed by atoms with van der Waals surface area (Å²) in [6, 6.07) is 8.44. The van der Waals surface area contributed by atoms with Crippen LogP contribution in [0.3, 0.4) is 0 Å². The number of nitriles is 1. The van der Waals surface area contributed by atoms with Crippen LogP contribution in [0.2, 0.25) is 0 Å². The second kappa shape index (κ2) is 5.09. The first-order valence-corrected chi connectivity index (χ1v) is 6.87. The van der Waals surface area contributed by atoms with Crippen molar-refractivity contribution in [1.82, 2.24) is 0 Å². The zero-order chi connectivity index (χ0) is 14.0. The van der Waals surface area contributed by atoms with Gasteiger partial charge in [-0.1, -0.05) is 38.5 Å². The quantitative estimate of drug-likeness (QED) is 0.707. The van der Waals surface area contributed by atoms with Gasteiger partial charge in [-0.2, -0.15) is 5.26 Å². The Morgan fingerprint density at radius 3 is 2.53 bits per heavy atom. The van der Waals surface area contributed by atoms with Gasteiger partial charge in [-0.25, -0.2) is 0 Å². The molecule has 2 heteroatoms. The van der Waals surface area contributed by atoms with E-state index in [4.69, 9.17) is 0 Å². The van der Waals surface area contributed by atoms with Crippen LogP contribution >= 0.6 is 0 Å². The third-order valence-corrected chi connectivity index (χ3v) is 3.79. The third-order valence-electron chi connectivity index (χ3n) is 3.79. The highest BCUT2D eigenvalue weighted by Gasteiger charge is 2.22. The number of nitrogens with zero attached hydrogens (tertiary/aromatic N) is 2. The molecule has 1 aliphatic heterocycles. The Morgan fingerprint density at radius 1 is 1.26 bits per heavy atom. The SMILES string of the molecule is Cc1ccc(N2CC=C(C(C)(C)C)CC2)c(C#N)c1. The molecule has 1 aliphatic rings. The average Bonchev–Trinajstić information content (AvgIpc) is 2.37. The van der Waals surface area contributed by atoms with Gasteiger partial charge < -0.3 is 4.90 Å². The van der Waals surface area contributed by atoms with E-state index in [2.05, 4.69) is 49.9 Å². The molecule has 2 rings (SSSR count). The van der Waals surface area contributed by atoms with Crippen LogP contribution in [-0.4, -0.2) is 13.1 Å². The number of hydrogen-bond donors (Lipinski definition) is 0. The fourth-order valence-electron chi connectivity index (χ4n) is 2.58. The highest BCUT2D eigenvalue weighted by atomic mass is 15.1. The van der Waals surface area contributed by atoms with E-state index < -0.39 is 0 Å². The van der Waals surface area contributed by atoms with Crippen molar-refractivity contribution in [3.05, 3.63) is 41.0 Å². The van der Waals surface area contributed by atoms with Crippen molar-refractivity contribution in [2.45, 2.75) is 34.1 Å². The molecule has 1 aromatic rings. The maximum absolute atomic E-state index is 9.26. The molecule has 0 aliphatic carbocycles. The van der Waals surface area contributed by atoms with Gasteiger partial charge in [0.2, 0.25) is 0 Å². The van der Waals surface area contributed by atoms with Crippen LogP contribution in [0.25, 0.3) is 0 Å². The van der Waals surface area contributed by atoms with Crippen LogP contribution in [0.1, 0.15) is 38.3 Å². The van der Waals surface area contributed by atoms with Crippen molar-refractivity contribution in [2.24, 2.45) is 5.41 Å². The Balaban J connectivity index is 2.23. The predicted molar refractivity (Wildman–Crippen MR) is 80.3 cm³/mol. The number of rotatable bonds is 1. The first-order chi connectivity index (χ1) is 8.91. The van der Waals surface area contributed by atoms with Crippen LogP contribution in [-0.2, 0) is 0 Å². The van der Waals surface area contributed by atoms with Gasteiger partial charge in [0.1, 0.15) is 6.07 Å². The Bertz CT molecular complexity index is 541. The van der Waals surface area contributed by atoms with Crippen molar-refractivity contribution in [2.75, 3.05) is 18.0 Å². The molecule has 1 aromatic carbocycles. The van der Waals surface area contributed by atoms with Crippen LogP contribution in [0.15, 0.2) is 29.8 Å². The Labute approximate surface area is 116 Å². The molecule has 0 saturated heterocycles. The van der Waals surface area contributed by atoms with E-state index in [9.17, 15) is 5.26 Å². The molecule has 2 nitrogen and oxygen atoms in total. The summed E-state index contributed by atoms with van der Waals surface area (Å²) in [5.74, 6) is 0. The molecule has 0 amide bonds. The molecule has 0 aromatic heterocycles. The lowest BCUT2D eigenvalue weighted by atomic mass is 9.83. The maximum Gasteiger partial charge on any atom is 0.101 e. The van der Waals surface area contributed by atoms with Crippen LogP contribution in [0.4, 0.5) is 5.69 Å². The molecule has 0 spiro atoms. The smallest absolute Gasteiger partial charge is 0.101 e. The van der Waals surface area contributed by atoms with Crippen LogP contribution in [0.5, 0.6) is 0 Å². The van der Waals surface area contributed by atoms with E-state index >= 15 is 0 Å². The summed E-state index contributed by atoms with van der Waals surface area (Å²) in [6.45, 7) is 10.7. The third kappa shape index (κ3) is 2.98. The van der Waals surface area contributed by atoms with Crippen molar-refractivity contribution < 1.29 is 0 Å². The zero-order valence-electron chi connectivity index (χ0n) is 12.3. The lowest BCUT2D eigenvalue weighted by molar-refractivity contribution is 0.472. The van der Waals surface area contributed by atoms with E-state index in [-0.39, 0.29) is 5.41 Å².